The van der Waals surface area contributed by atoms with Crippen LogP contribution in [0.25, 0.3) is 5.57 Å². The summed E-state index contributed by atoms with van der Waals surface area (Å²) in [6, 6.07) is 11.0. The summed E-state index contributed by atoms with van der Waals surface area (Å²) >= 11 is 5.54. The van der Waals surface area contributed by atoms with Crippen molar-refractivity contribution in [2.45, 2.75) is 12.2 Å². The Morgan fingerprint density at radius 3 is 2.55 bits per heavy atom. The summed E-state index contributed by atoms with van der Waals surface area (Å²) in [7, 11) is 1.92. The van der Waals surface area contributed by atoms with Gasteiger partial charge in [-0.1, -0.05) is 23.7 Å². The van der Waals surface area contributed by atoms with Gasteiger partial charge in [0.2, 0.25) is 6.41 Å². The Balaban J connectivity index is 0.000000224. The average Bonchev–Trinajstić information content (AvgIpc) is 2.95. The van der Waals surface area contributed by atoms with Crippen LogP contribution in [-0.2, 0) is 15.7 Å². The summed E-state index contributed by atoms with van der Waals surface area (Å²) in [5.41, 5.74) is 9.78. The average molecular weight is 576 g/mol. The molecule has 40 heavy (non-hydrogen) atoms. The minimum absolute atomic E-state index is 0.0588. The van der Waals surface area contributed by atoms with E-state index in [-0.39, 0.29) is 23.2 Å². The third-order valence-electron chi connectivity index (χ3n) is 6.41. The van der Waals surface area contributed by atoms with Gasteiger partial charge < -0.3 is 21.1 Å². The van der Waals surface area contributed by atoms with Gasteiger partial charge in [-0.15, -0.1) is 0 Å². The number of nitrogens with zero attached hydrogens (tertiary/aromatic N) is 4. The highest BCUT2D eigenvalue weighted by atomic mass is 35.5. The Kier molecular flexibility index (Phi) is 9.46. The zero-order valence-electron chi connectivity index (χ0n) is 21.7. The maximum atomic E-state index is 12.2. The topological polar surface area (TPSA) is 108 Å². The molecule has 3 aliphatic rings. The van der Waals surface area contributed by atoms with Crippen LogP contribution in [-0.4, -0.2) is 74.4 Å². The molecule has 1 unspecified atom stereocenters. The lowest BCUT2D eigenvalue weighted by Gasteiger charge is -2.37. The summed E-state index contributed by atoms with van der Waals surface area (Å²) in [4.78, 5) is 16.6. The normalized spacial score (nSPS) is 18.9. The molecule has 1 fully saturated rings. The molecule has 13 heteroatoms. The number of amides is 1. The lowest BCUT2D eigenvalue weighted by molar-refractivity contribution is -0.137. The van der Waals surface area contributed by atoms with Crippen LogP contribution in [0.1, 0.15) is 11.1 Å². The molecule has 9 nitrogen and oxygen atoms in total. The molecule has 1 atom stereocenters. The van der Waals surface area contributed by atoms with Crippen LogP contribution >= 0.6 is 11.6 Å². The molecular weight excluding hydrogens is 547 g/mol. The summed E-state index contributed by atoms with van der Waals surface area (Å²) in [6.45, 7) is 4.23. The predicted octanol–water partition coefficient (Wildman–Crippen LogP) is 4.25. The third kappa shape index (κ3) is 7.20. The van der Waals surface area contributed by atoms with Gasteiger partial charge in [-0.3, -0.25) is 14.7 Å². The quantitative estimate of drug-likeness (QED) is 0.445. The third-order valence-corrected chi connectivity index (χ3v) is 6.74. The number of alkyl halides is 3. The Hall–Kier alpha value is -3.87. The first-order chi connectivity index (χ1) is 19.2. The van der Waals surface area contributed by atoms with E-state index in [0.29, 0.717) is 5.84 Å². The monoisotopic (exact) mass is 575 g/mol. The number of hydrazone groups is 1. The van der Waals surface area contributed by atoms with Crippen LogP contribution in [0.5, 0.6) is 0 Å². The van der Waals surface area contributed by atoms with Crippen LogP contribution in [0.3, 0.4) is 0 Å². The van der Waals surface area contributed by atoms with Gasteiger partial charge in [0, 0.05) is 32.4 Å². The molecule has 212 valence electrons. The molecule has 0 aliphatic carbocycles. The van der Waals surface area contributed by atoms with Crippen LogP contribution in [0.4, 0.5) is 24.5 Å². The number of hydrogen-bond acceptors (Lipinski definition) is 8. The van der Waals surface area contributed by atoms with E-state index in [1.807, 2.05) is 12.1 Å². The van der Waals surface area contributed by atoms with Gasteiger partial charge in [-0.25, -0.2) is 4.99 Å². The molecule has 0 aromatic heterocycles. The summed E-state index contributed by atoms with van der Waals surface area (Å²) < 4.78 is 42.0. The summed E-state index contributed by atoms with van der Waals surface area (Å²) in [5.74, 6) is 0.567. The number of ether oxygens (including phenoxy) is 1. The number of anilines is 2. The van der Waals surface area contributed by atoms with E-state index in [9.17, 15) is 18.0 Å². The molecule has 0 radical (unpaired) electrons. The number of hydrogen-bond donors (Lipinski definition) is 3. The molecule has 3 heterocycles. The molecular formula is C27H29ClF3N7O2. The number of aliphatic imine (C=N–C) groups is 1. The second kappa shape index (κ2) is 13.0. The smallest absolute Gasteiger partial charge is 0.388 e. The highest BCUT2D eigenvalue weighted by Gasteiger charge is 2.31. The number of benzene rings is 2. The van der Waals surface area contributed by atoms with Crippen molar-refractivity contribution in [2.75, 3.05) is 50.5 Å². The van der Waals surface area contributed by atoms with E-state index in [0.717, 1.165) is 73.6 Å². The lowest BCUT2D eigenvalue weighted by atomic mass is 9.97. The summed E-state index contributed by atoms with van der Waals surface area (Å²) in [6.07, 6.45) is 1.69. The Bertz CT molecular complexity index is 1320. The van der Waals surface area contributed by atoms with E-state index < -0.39 is 11.7 Å². The number of amidine groups is 1. The highest BCUT2D eigenvalue weighted by molar-refractivity contribution is 6.33. The van der Waals surface area contributed by atoms with Gasteiger partial charge in [-0.05, 0) is 53.6 Å². The molecule has 0 saturated carbocycles. The van der Waals surface area contributed by atoms with E-state index in [1.165, 1.54) is 6.34 Å². The van der Waals surface area contributed by atoms with Crippen LogP contribution in [0.2, 0.25) is 5.02 Å². The van der Waals surface area contributed by atoms with Gasteiger partial charge in [0.05, 0.1) is 35.2 Å². The fraction of sp³-hybridized carbons (Fsp3) is 0.296. The van der Waals surface area contributed by atoms with E-state index in [2.05, 4.69) is 62.0 Å². The Morgan fingerprint density at radius 2 is 1.90 bits per heavy atom. The molecule has 1 saturated heterocycles. The van der Waals surface area contributed by atoms with Gasteiger partial charge in [0.15, 0.2) is 0 Å². The number of rotatable bonds is 6. The molecule has 2 aromatic carbocycles. The zero-order valence-corrected chi connectivity index (χ0v) is 22.4. The molecule has 4 N–H and O–H groups in total. The number of nitrogens with one attached hydrogen (secondary N) is 2. The first-order valence-electron chi connectivity index (χ1n) is 12.4. The largest absolute Gasteiger partial charge is 0.416 e. The molecule has 2 aromatic rings. The number of carbonyl (C=O) groups excluding carboxylic acids is 1. The van der Waals surface area contributed by atoms with Crippen molar-refractivity contribution in [1.29, 1.82) is 0 Å². The Labute approximate surface area is 234 Å². The van der Waals surface area contributed by atoms with Crippen molar-refractivity contribution >= 4 is 47.1 Å². The van der Waals surface area contributed by atoms with Gasteiger partial charge in [0.25, 0.3) is 0 Å². The standard InChI is InChI=1S/C19H24N6O.C8H5ClF3NO/c1-21-16-4-2-14(3-5-16)15-10-17(12-24-6-8-26-9-7-24)25-18(11-15)19(20)22-13-23-25;9-6-2-1-5(8(10,11)12)3-7(6)13-4-14/h2-5,10-11,13,18,21H,6-9,12H2,1H3,(H2,20,22,23);1-4H,(H,13,14). The van der Waals surface area contributed by atoms with Crippen molar-refractivity contribution in [3.8, 4) is 0 Å². The zero-order chi connectivity index (χ0) is 28.7. The fourth-order valence-electron chi connectivity index (χ4n) is 4.29. The molecule has 3 aliphatic heterocycles. The number of fused-ring (bicyclic) bond motifs is 1. The number of allylic oxidation sites excluding steroid dienone is 2. The van der Waals surface area contributed by atoms with Crippen molar-refractivity contribution < 1.29 is 22.7 Å². The minimum Gasteiger partial charge on any atom is -0.388 e. The molecule has 1 amide bonds. The number of nitrogens with two attached hydrogens (primary N) is 1. The SMILES string of the molecule is CNc1ccc(C2=CC3C(N)=NC=NN3C(CN3CCOCC3)=C2)cc1.O=CNc1cc(C(F)(F)F)ccc1Cl. The van der Waals surface area contributed by atoms with Crippen molar-refractivity contribution in [3.63, 3.8) is 0 Å². The predicted molar refractivity (Wildman–Crippen MR) is 151 cm³/mol. The fourth-order valence-corrected chi connectivity index (χ4v) is 4.46. The molecule has 5 rings (SSSR count). The van der Waals surface area contributed by atoms with Gasteiger partial charge >= 0.3 is 6.18 Å². The van der Waals surface area contributed by atoms with Crippen LogP contribution in [0.15, 0.2) is 70.4 Å². The Morgan fingerprint density at radius 1 is 1.18 bits per heavy atom. The van der Waals surface area contributed by atoms with Crippen molar-refractivity contribution in [1.82, 2.24) is 9.91 Å². The second-order valence-electron chi connectivity index (χ2n) is 9.00. The maximum Gasteiger partial charge on any atom is 0.416 e. The molecule has 0 spiro atoms. The van der Waals surface area contributed by atoms with E-state index in [4.69, 9.17) is 22.1 Å². The first-order valence-corrected chi connectivity index (χ1v) is 12.8. The lowest BCUT2D eigenvalue weighted by Crippen LogP contribution is -2.47. The van der Waals surface area contributed by atoms with Crippen molar-refractivity contribution in [2.24, 2.45) is 15.8 Å². The van der Waals surface area contributed by atoms with Crippen LogP contribution in [0, 0.1) is 0 Å². The van der Waals surface area contributed by atoms with Crippen LogP contribution < -0.4 is 16.4 Å². The van der Waals surface area contributed by atoms with Gasteiger partial charge in [-0.2, -0.15) is 18.3 Å². The molecule has 0 bridgehead atoms. The summed E-state index contributed by atoms with van der Waals surface area (Å²) in [5, 5.41) is 11.7. The number of morpholine rings is 1. The first kappa shape index (κ1) is 29.1. The van der Waals surface area contributed by atoms with Gasteiger partial charge in [0.1, 0.15) is 18.2 Å². The number of halogens is 4. The van der Waals surface area contributed by atoms with Crippen molar-refractivity contribution in [3.05, 3.63) is 76.5 Å². The highest BCUT2D eigenvalue weighted by Crippen LogP contribution is 2.33. The van der Waals surface area contributed by atoms with E-state index in [1.54, 1.807) is 0 Å². The second-order valence-corrected chi connectivity index (χ2v) is 9.41. The maximum absolute atomic E-state index is 12.2. The number of carbonyl (C=O) groups is 1. The van der Waals surface area contributed by atoms with E-state index >= 15 is 0 Å². The minimum atomic E-state index is -4.44.